The van der Waals surface area contributed by atoms with Gasteiger partial charge in [-0.25, -0.2) is 0 Å². The third-order valence-electron chi connectivity index (χ3n) is 2.87. The van der Waals surface area contributed by atoms with Gasteiger partial charge >= 0.3 is 0 Å². The number of para-hydroxylation sites is 1. The van der Waals surface area contributed by atoms with E-state index < -0.39 is 18.1 Å². The van der Waals surface area contributed by atoms with Gasteiger partial charge in [-0.3, -0.25) is 4.79 Å². The number of aryl methyl sites for hydroxylation is 1. The molecule has 106 valence electrons. The first-order chi connectivity index (χ1) is 9.06. The molecule has 4 N–H and O–H groups in total. The summed E-state index contributed by atoms with van der Waals surface area (Å²) in [7, 11) is 0. The number of benzene rings is 1. The molecule has 0 aliphatic heterocycles. The fourth-order valence-electron chi connectivity index (χ4n) is 1.82. The number of nitrogens with two attached hydrogens (primary N) is 1. The zero-order valence-corrected chi connectivity index (χ0v) is 11.4. The van der Waals surface area contributed by atoms with Crippen molar-refractivity contribution in [3.05, 3.63) is 29.8 Å². The monoisotopic (exact) mass is 266 g/mol. The van der Waals surface area contributed by atoms with Crippen LogP contribution in [-0.4, -0.2) is 36.3 Å². The maximum atomic E-state index is 11.1. The molecular weight excluding hydrogens is 244 g/mol. The Hall–Kier alpha value is -1.59. The Morgan fingerprint density at radius 2 is 2.16 bits per heavy atom. The number of carbonyl (C=O) groups is 1. The van der Waals surface area contributed by atoms with Crippen LogP contribution in [0.15, 0.2) is 24.3 Å². The van der Waals surface area contributed by atoms with E-state index in [9.17, 15) is 9.90 Å². The SMILES string of the molecule is CCc1ccccc1OCCN[C@H](C(N)=O)[C@@H](C)O. The van der Waals surface area contributed by atoms with Crippen molar-refractivity contribution < 1.29 is 14.6 Å². The van der Waals surface area contributed by atoms with Gasteiger partial charge in [0.25, 0.3) is 0 Å². The van der Waals surface area contributed by atoms with E-state index in [4.69, 9.17) is 10.5 Å². The molecule has 0 spiro atoms. The van der Waals surface area contributed by atoms with Crippen LogP contribution in [-0.2, 0) is 11.2 Å². The Balaban J connectivity index is 2.40. The number of carbonyl (C=O) groups excluding carboxylic acids is 1. The highest BCUT2D eigenvalue weighted by Gasteiger charge is 2.19. The molecule has 1 rings (SSSR count). The average molecular weight is 266 g/mol. The van der Waals surface area contributed by atoms with Crippen molar-refractivity contribution in [3.8, 4) is 5.75 Å². The molecule has 0 aliphatic carbocycles. The van der Waals surface area contributed by atoms with E-state index in [0.717, 1.165) is 17.7 Å². The molecule has 2 atom stereocenters. The maximum Gasteiger partial charge on any atom is 0.237 e. The van der Waals surface area contributed by atoms with Crippen LogP contribution in [0.1, 0.15) is 19.4 Å². The van der Waals surface area contributed by atoms with E-state index in [1.165, 1.54) is 6.92 Å². The molecule has 0 bridgehead atoms. The first-order valence-electron chi connectivity index (χ1n) is 6.47. The molecule has 0 aliphatic rings. The summed E-state index contributed by atoms with van der Waals surface area (Å²) in [5, 5.41) is 12.3. The van der Waals surface area contributed by atoms with Crippen LogP contribution >= 0.6 is 0 Å². The Labute approximate surface area is 113 Å². The molecular formula is C14H22N2O3. The summed E-state index contributed by atoms with van der Waals surface area (Å²) < 4.78 is 5.64. The quantitative estimate of drug-likeness (QED) is 0.597. The van der Waals surface area contributed by atoms with Crippen molar-refractivity contribution >= 4 is 5.91 Å². The van der Waals surface area contributed by atoms with Gasteiger partial charge in [-0.15, -0.1) is 0 Å². The fraction of sp³-hybridized carbons (Fsp3) is 0.500. The summed E-state index contributed by atoms with van der Waals surface area (Å²) in [4.78, 5) is 11.1. The number of aliphatic hydroxyl groups is 1. The normalized spacial score (nSPS) is 13.8. The van der Waals surface area contributed by atoms with Crippen LogP contribution in [0.2, 0.25) is 0 Å². The predicted molar refractivity (Wildman–Crippen MR) is 74.0 cm³/mol. The van der Waals surface area contributed by atoms with Crippen LogP contribution in [0.5, 0.6) is 5.75 Å². The van der Waals surface area contributed by atoms with E-state index >= 15 is 0 Å². The molecule has 1 aromatic rings. The highest BCUT2D eigenvalue weighted by atomic mass is 16.5. The summed E-state index contributed by atoms with van der Waals surface area (Å²) in [6.45, 7) is 4.44. The van der Waals surface area contributed by atoms with Gasteiger partial charge in [-0.05, 0) is 25.0 Å². The van der Waals surface area contributed by atoms with Crippen molar-refractivity contribution in [1.29, 1.82) is 0 Å². The van der Waals surface area contributed by atoms with Crippen LogP contribution in [0.25, 0.3) is 0 Å². The fourth-order valence-corrected chi connectivity index (χ4v) is 1.82. The molecule has 5 heteroatoms. The summed E-state index contributed by atoms with van der Waals surface area (Å²) in [6.07, 6.45) is 0.0849. The van der Waals surface area contributed by atoms with Gasteiger partial charge in [0.1, 0.15) is 18.4 Å². The molecule has 19 heavy (non-hydrogen) atoms. The molecule has 0 saturated heterocycles. The highest BCUT2D eigenvalue weighted by Crippen LogP contribution is 2.17. The molecule has 5 nitrogen and oxygen atoms in total. The van der Waals surface area contributed by atoms with E-state index in [2.05, 4.69) is 12.2 Å². The van der Waals surface area contributed by atoms with Gasteiger partial charge in [-0.2, -0.15) is 0 Å². The number of hydrogen-bond donors (Lipinski definition) is 3. The molecule has 0 fully saturated rings. The second kappa shape index (κ2) is 7.76. The zero-order valence-electron chi connectivity index (χ0n) is 11.4. The van der Waals surface area contributed by atoms with Crippen LogP contribution in [0.4, 0.5) is 0 Å². The van der Waals surface area contributed by atoms with Gasteiger partial charge in [0.05, 0.1) is 6.10 Å². The number of ether oxygens (including phenoxy) is 1. The van der Waals surface area contributed by atoms with Crippen molar-refractivity contribution in [2.75, 3.05) is 13.2 Å². The maximum absolute atomic E-state index is 11.1. The van der Waals surface area contributed by atoms with Crippen LogP contribution in [0.3, 0.4) is 0 Å². The van der Waals surface area contributed by atoms with Crippen LogP contribution < -0.4 is 15.8 Å². The molecule has 1 aromatic carbocycles. The summed E-state index contributed by atoms with van der Waals surface area (Å²) in [5.41, 5.74) is 6.32. The standard InChI is InChI=1S/C14H22N2O3/c1-3-11-6-4-5-7-12(11)19-9-8-16-13(10(2)17)14(15)18/h4-7,10,13,16-17H,3,8-9H2,1-2H3,(H2,15,18)/t10-,13+/m1/s1. The minimum Gasteiger partial charge on any atom is -0.492 e. The largest absolute Gasteiger partial charge is 0.492 e. The van der Waals surface area contributed by atoms with Crippen molar-refractivity contribution in [3.63, 3.8) is 0 Å². The van der Waals surface area contributed by atoms with E-state index in [1.54, 1.807) is 0 Å². The summed E-state index contributed by atoms with van der Waals surface area (Å²) >= 11 is 0. The smallest absolute Gasteiger partial charge is 0.237 e. The van der Waals surface area contributed by atoms with Crippen LogP contribution in [0, 0.1) is 0 Å². The topological polar surface area (TPSA) is 84.6 Å². The van der Waals surface area contributed by atoms with Crippen molar-refractivity contribution in [2.24, 2.45) is 5.73 Å². The molecule has 0 saturated carbocycles. The van der Waals surface area contributed by atoms with E-state index in [0.29, 0.717) is 13.2 Å². The van der Waals surface area contributed by atoms with Gasteiger partial charge in [0, 0.05) is 6.54 Å². The lowest BCUT2D eigenvalue weighted by atomic mass is 10.1. The minimum atomic E-state index is -0.819. The van der Waals surface area contributed by atoms with E-state index in [1.807, 2.05) is 24.3 Å². The number of aliphatic hydroxyl groups excluding tert-OH is 1. The summed E-state index contributed by atoms with van der Waals surface area (Å²) in [6, 6.07) is 7.08. The molecule has 1 amide bonds. The Kier molecular flexibility index (Phi) is 6.32. The number of nitrogens with one attached hydrogen (secondary N) is 1. The zero-order chi connectivity index (χ0) is 14.3. The number of rotatable bonds is 8. The molecule has 0 radical (unpaired) electrons. The Morgan fingerprint density at radius 3 is 2.74 bits per heavy atom. The third kappa shape index (κ3) is 4.89. The van der Waals surface area contributed by atoms with Gasteiger partial charge in [-0.1, -0.05) is 25.1 Å². The first-order valence-corrected chi connectivity index (χ1v) is 6.47. The van der Waals surface area contributed by atoms with Crippen molar-refractivity contribution in [1.82, 2.24) is 5.32 Å². The molecule has 0 aromatic heterocycles. The van der Waals surface area contributed by atoms with Gasteiger partial charge < -0.3 is 20.9 Å². The third-order valence-corrected chi connectivity index (χ3v) is 2.87. The van der Waals surface area contributed by atoms with E-state index in [-0.39, 0.29) is 0 Å². The first kappa shape index (κ1) is 15.5. The number of primary amides is 1. The lowest BCUT2D eigenvalue weighted by molar-refractivity contribution is -0.122. The minimum absolute atomic E-state index is 0.410. The Morgan fingerprint density at radius 1 is 1.47 bits per heavy atom. The Bertz CT molecular complexity index is 407. The second-order valence-electron chi connectivity index (χ2n) is 4.38. The number of amides is 1. The lowest BCUT2D eigenvalue weighted by Crippen LogP contribution is -2.49. The summed E-state index contributed by atoms with van der Waals surface area (Å²) in [5.74, 6) is 0.281. The van der Waals surface area contributed by atoms with Gasteiger partial charge in [0.15, 0.2) is 0 Å². The van der Waals surface area contributed by atoms with Crippen molar-refractivity contribution in [2.45, 2.75) is 32.4 Å². The average Bonchev–Trinajstić information content (AvgIpc) is 2.38. The molecule has 0 heterocycles. The molecule has 0 unspecified atom stereocenters. The second-order valence-corrected chi connectivity index (χ2v) is 4.38. The van der Waals surface area contributed by atoms with Gasteiger partial charge in [0.2, 0.25) is 5.91 Å². The number of hydrogen-bond acceptors (Lipinski definition) is 4. The lowest BCUT2D eigenvalue weighted by Gasteiger charge is -2.18. The highest BCUT2D eigenvalue weighted by molar-refractivity contribution is 5.80. The predicted octanol–water partition coefficient (Wildman–Crippen LogP) is 0.452.